The molecule has 0 unspecified atom stereocenters. The van der Waals surface area contributed by atoms with Crippen LogP contribution >= 0.6 is 0 Å². The van der Waals surface area contributed by atoms with Crippen LogP contribution in [0.2, 0.25) is 0 Å². The molecule has 1 fully saturated rings. The fourth-order valence-electron chi connectivity index (χ4n) is 3.92. The highest BCUT2D eigenvalue weighted by molar-refractivity contribution is 5.76. The molecule has 6 nitrogen and oxygen atoms in total. The molecule has 2 aliphatic rings. The lowest BCUT2D eigenvalue weighted by atomic mass is 10.1. The van der Waals surface area contributed by atoms with E-state index < -0.39 is 0 Å². The van der Waals surface area contributed by atoms with E-state index in [1.807, 2.05) is 11.8 Å². The van der Waals surface area contributed by atoms with Gasteiger partial charge in [0, 0.05) is 44.8 Å². The zero-order valence-corrected chi connectivity index (χ0v) is 16.3. The van der Waals surface area contributed by atoms with Crippen molar-refractivity contribution in [1.82, 2.24) is 14.5 Å². The van der Waals surface area contributed by atoms with E-state index >= 15 is 0 Å². The number of imidazole rings is 1. The molecule has 0 bridgehead atoms. The van der Waals surface area contributed by atoms with Gasteiger partial charge in [-0.05, 0) is 13.3 Å². The molecule has 2 aliphatic heterocycles. The van der Waals surface area contributed by atoms with E-state index in [1.165, 1.54) is 5.56 Å². The predicted octanol–water partition coefficient (Wildman–Crippen LogP) is 2.84. The van der Waals surface area contributed by atoms with Crippen LogP contribution in [-0.2, 0) is 22.6 Å². The first-order valence-corrected chi connectivity index (χ1v) is 9.94. The Morgan fingerprint density at radius 1 is 1.11 bits per heavy atom. The van der Waals surface area contributed by atoms with Gasteiger partial charge in [-0.15, -0.1) is 0 Å². The Kier molecular flexibility index (Phi) is 5.16. The SMILES string of the molecule is CCC(=O)N1CCn2c(N3CCCOCC3)nc(-c3ccc(C)cc3)c2C1. The van der Waals surface area contributed by atoms with Gasteiger partial charge in [-0.2, -0.15) is 0 Å². The van der Waals surface area contributed by atoms with Crippen molar-refractivity contribution in [3.8, 4) is 11.3 Å². The highest BCUT2D eigenvalue weighted by Crippen LogP contribution is 2.32. The summed E-state index contributed by atoms with van der Waals surface area (Å²) < 4.78 is 7.95. The molecule has 0 N–H and O–H groups in total. The van der Waals surface area contributed by atoms with E-state index in [0.29, 0.717) is 13.0 Å². The molecule has 1 aromatic heterocycles. The first kappa shape index (κ1) is 18.0. The lowest BCUT2D eigenvalue weighted by Crippen LogP contribution is -2.39. The van der Waals surface area contributed by atoms with E-state index in [9.17, 15) is 4.79 Å². The third-order valence-corrected chi connectivity index (χ3v) is 5.47. The van der Waals surface area contributed by atoms with E-state index in [4.69, 9.17) is 9.72 Å². The smallest absolute Gasteiger partial charge is 0.222 e. The highest BCUT2D eigenvalue weighted by atomic mass is 16.5. The van der Waals surface area contributed by atoms with Crippen LogP contribution in [0.5, 0.6) is 0 Å². The molecule has 0 saturated carbocycles. The molecule has 3 heterocycles. The highest BCUT2D eigenvalue weighted by Gasteiger charge is 2.29. The van der Waals surface area contributed by atoms with Gasteiger partial charge in [-0.25, -0.2) is 4.98 Å². The van der Waals surface area contributed by atoms with Gasteiger partial charge in [0.25, 0.3) is 0 Å². The molecular weight excluding hydrogens is 340 g/mol. The van der Waals surface area contributed by atoms with Crippen molar-refractivity contribution in [1.29, 1.82) is 0 Å². The maximum absolute atomic E-state index is 12.3. The fraction of sp³-hybridized carbons (Fsp3) is 0.524. The standard InChI is InChI=1S/C21H28N4O2/c1-3-19(26)24-10-11-25-18(15-24)20(17-7-5-16(2)6-8-17)22-21(25)23-9-4-13-27-14-12-23/h5-8H,3-4,9-15H2,1-2H3. The Morgan fingerprint density at radius 2 is 1.93 bits per heavy atom. The summed E-state index contributed by atoms with van der Waals surface area (Å²) in [4.78, 5) is 21.7. The number of hydrogen-bond acceptors (Lipinski definition) is 4. The van der Waals surface area contributed by atoms with Crippen molar-refractivity contribution in [2.75, 3.05) is 37.7 Å². The number of carbonyl (C=O) groups is 1. The second-order valence-electron chi connectivity index (χ2n) is 7.35. The Morgan fingerprint density at radius 3 is 2.70 bits per heavy atom. The monoisotopic (exact) mass is 368 g/mol. The van der Waals surface area contributed by atoms with Crippen LogP contribution in [0.1, 0.15) is 31.0 Å². The van der Waals surface area contributed by atoms with E-state index in [1.54, 1.807) is 0 Å². The van der Waals surface area contributed by atoms with Gasteiger partial charge in [0.1, 0.15) is 0 Å². The molecule has 27 heavy (non-hydrogen) atoms. The zero-order chi connectivity index (χ0) is 18.8. The van der Waals surface area contributed by atoms with Crippen molar-refractivity contribution in [3.63, 3.8) is 0 Å². The summed E-state index contributed by atoms with van der Waals surface area (Å²) in [6, 6.07) is 8.51. The summed E-state index contributed by atoms with van der Waals surface area (Å²) in [7, 11) is 0. The van der Waals surface area contributed by atoms with Crippen LogP contribution in [0.4, 0.5) is 5.95 Å². The Balaban J connectivity index is 1.75. The third-order valence-electron chi connectivity index (χ3n) is 5.47. The van der Waals surface area contributed by atoms with E-state index in [-0.39, 0.29) is 5.91 Å². The first-order chi connectivity index (χ1) is 13.2. The van der Waals surface area contributed by atoms with Crippen molar-refractivity contribution in [2.24, 2.45) is 0 Å². The Bertz CT molecular complexity index is 804. The number of fused-ring (bicyclic) bond motifs is 1. The molecule has 1 amide bonds. The molecule has 2 aromatic rings. The number of benzene rings is 1. The molecule has 0 radical (unpaired) electrons. The molecule has 4 rings (SSSR count). The van der Waals surface area contributed by atoms with Gasteiger partial charge in [-0.1, -0.05) is 36.8 Å². The summed E-state index contributed by atoms with van der Waals surface area (Å²) in [5, 5.41) is 0. The number of aromatic nitrogens is 2. The maximum atomic E-state index is 12.3. The third kappa shape index (κ3) is 3.58. The summed E-state index contributed by atoms with van der Waals surface area (Å²) in [6.45, 7) is 9.58. The number of hydrogen-bond donors (Lipinski definition) is 0. The molecule has 0 aliphatic carbocycles. The number of aryl methyl sites for hydroxylation is 1. The zero-order valence-electron chi connectivity index (χ0n) is 16.3. The second kappa shape index (κ2) is 7.72. The van der Waals surface area contributed by atoms with Crippen LogP contribution in [0.15, 0.2) is 24.3 Å². The number of carbonyl (C=O) groups excluding carboxylic acids is 1. The van der Waals surface area contributed by atoms with E-state index in [0.717, 1.165) is 68.7 Å². The predicted molar refractivity (Wildman–Crippen MR) is 106 cm³/mol. The van der Waals surface area contributed by atoms with Gasteiger partial charge in [-0.3, -0.25) is 4.79 Å². The largest absolute Gasteiger partial charge is 0.380 e. The van der Waals surface area contributed by atoms with E-state index in [2.05, 4.69) is 40.7 Å². The molecule has 144 valence electrons. The van der Waals surface area contributed by atoms with Crippen molar-refractivity contribution >= 4 is 11.9 Å². The maximum Gasteiger partial charge on any atom is 0.222 e. The summed E-state index contributed by atoms with van der Waals surface area (Å²) >= 11 is 0. The van der Waals surface area contributed by atoms with Crippen LogP contribution in [0.3, 0.4) is 0 Å². The van der Waals surface area contributed by atoms with Crippen LogP contribution in [0.25, 0.3) is 11.3 Å². The molecule has 6 heteroatoms. The summed E-state index contributed by atoms with van der Waals surface area (Å²) in [6.07, 6.45) is 1.56. The van der Waals surface area contributed by atoms with Crippen LogP contribution in [-0.4, -0.2) is 53.2 Å². The second-order valence-corrected chi connectivity index (χ2v) is 7.35. The minimum atomic E-state index is 0.210. The lowest BCUT2D eigenvalue weighted by Gasteiger charge is -2.31. The van der Waals surface area contributed by atoms with Crippen molar-refractivity contribution < 1.29 is 9.53 Å². The molecule has 0 spiro atoms. The van der Waals surface area contributed by atoms with Gasteiger partial charge < -0.3 is 19.1 Å². The molecule has 1 aromatic carbocycles. The van der Waals surface area contributed by atoms with Gasteiger partial charge in [0.05, 0.1) is 24.5 Å². The topological polar surface area (TPSA) is 50.6 Å². The minimum absolute atomic E-state index is 0.210. The Labute approximate surface area is 160 Å². The van der Waals surface area contributed by atoms with Gasteiger partial charge in [0.15, 0.2) is 0 Å². The first-order valence-electron chi connectivity index (χ1n) is 9.94. The van der Waals surface area contributed by atoms with Gasteiger partial charge in [0.2, 0.25) is 11.9 Å². The summed E-state index contributed by atoms with van der Waals surface area (Å²) in [5.41, 5.74) is 4.50. The van der Waals surface area contributed by atoms with Crippen LogP contribution in [0, 0.1) is 6.92 Å². The number of anilines is 1. The number of nitrogens with zero attached hydrogens (tertiary/aromatic N) is 4. The average molecular weight is 368 g/mol. The molecular formula is C21H28N4O2. The number of amides is 1. The molecule has 0 atom stereocenters. The van der Waals surface area contributed by atoms with Crippen molar-refractivity contribution in [2.45, 2.75) is 39.8 Å². The summed E-state index contributed by atoms with van der Waals surface area (Å²) in [5.74, 6) is 1.23. The molecule has 1 saturated heterocycles. The normalized spacial score (nSPS) is 17.6. The number of rotatable bonds is 3. The van der Waals surface area contributed by atoms with Crippen LogP contribution < -0.4 is 4.90 Å². The average Bonchev–Trinajstić information content (AvgIpc) is 2.87. The lowest BCUT2D eigenvalue weighted by molar-refractivity contribution is -0.132. The quantitative estimate of drug-likeness (QED) is 0.836. The Hall–Kier alpha value is -2.34. The fourth-order valence-corrected chi connectivity index (χ4v) is 3.92. The number of ether oxygens (including phenoxy) is 1. The minimum Gasteiger partial charge on any atom is -0.380 e. The van der Waals surface area contributed by atoms with Crippen molar-refractivity contribution in [3.05, 3.63) is 35.5 Å². The van der Waals surface area contributed by atoms with Gasteiger partial charge >= 0.3 is 0 Å².